The number of aromatic nitrogens is 2. The van der Waals surface area contributed by atoms with Crippen molar-refractivity contribution in [1.82, 2.24) is 19.6 Å². The molecule has 1 aromatic carbocycles. The van der Waals surface area contributed by atoms with E-state index in [2.05, 4.69) is 23.8 Å². The number of nitrogens with zero attached hydrogens (tertiary/aromatic N) is 5. The van der Waals surface area contributed by atoms with Crippen molar-refractivity contribution >= 4 is 17.5 Å². The summed E-state index contributed by atoms with van der Waals surface area (Å²) in [6.07, 6.45) is 5.16. The molecular formula is C26H38FN5O3. The van der Waals surface area contributed by atoms with Crippen LogP contribution in [0.4, 0.5) is 10.1 Å². The van der Waals surface area contributed by atoms with Crippen LogP contribution >= 0.6 is 0 Å². The lowest BCUT2D eigenvalue weighted by Crippen LogP contribution is -2.41. The molecule has 3 rings (SSSR count). The first-order valence-corrected chi connectivity index (χ1v) is 12.3. The number of amides is 2. The van der Waals surface area contributed by atoms with Crippen LogP contribution in [0.5, 0.6) is 0 Å². The number of hydrogen-bond acceptors (Lipinski definition) is 5. The van der Waals surface area contributed by atoms with Gasteiger partial charge in [0.05, 0.1) is 6.20 Å². The van der Waals surface area contributed by atoms with Gasteiger partial charge in [0.1, 0.15) is 19.0 Å². The molecule has 0 atom stereocenters. The molecule has 2 aromatic rings. The summed E-state index contributed by atoms with van der Waals surface area (Å²) in [5, 5.41) is 4.25. The minimum Gasteiger partial charge on any atom is -0.375 e. The zero-order valence-corrected chi connectivity index (χ0v) is 21.4. The van der Waals surface area contributed by atoms with Crippen LogP contribution in [-0.2, 0) is 27.4 Å². The molecule has 0 saturated heterocycles. The average molecular weight is 488 g/mol. The van der Waals surface area contributed by atoms with Crippen LogP contribution in [0.25, 0.3) is 0 Å². The molecule has 0 fully saturated rings. The van der Waals surface area contributed by atoms with Crippen LogP contribution in [0.1, 0.15) is 37.8 Å². The molecule has 0 aliphatic carbocycles. The van der Waals surface area contributed by atoms with Crippen LogP contribution in [0.15, 0.2) is 30.6 Å². The number of aryl methyl sites for hydroxylation is 1. The Labute approximate surface area is 207 Å². The highest BCUT2D eigenvalue weighted by Gasteiger charge is 2.24. The topological polar surface area (TPSA) is 70.9 Å². The SMILES string of the molecule is COCC(=O)N1CCCN(CC(C)C)CCCN(C(=O)Cn2cc(C)cn2)Cc2cc(F)ccc21. The molecule has 0 unspecified atom stereocenters. The van der Waals surface area contributed by atoms with Crippen molar-refractivity contribution in [1.29, 1.82) is 0 Å². The molecule has 192 valence electrons. The minimum atomic E-state index is -0.395. The number of benzene rings is 1. The molecule has 0 bridgehead atoms. The zero-order valence-electron chi connectivity index (χ0n) is 21.4. The summed E-state index contributed by atoms with van der Waals surface area (Å²) in [5.41, 5.74) is 2.21. The first kappa shape index (κ1) is 26.8. The van der Waals surface area contributed by atoms with Gasteiger partial charge in [0, 0.05) is 45.2 Å². The second kappa shape index (κ2) is 12.8. The quantitative estimate of drug-likeness (QED) is 0.626. The normalized spacial score (nSPS) is 16.1. The molecule has 9 heteroatoms. The summed E-state index contributed by atoms with van der Waals surface area (Å²) < 4.78 is 21.1. The van der Waals surface area contributed by atoms with E-state index in [0.717, 1.165) is 38.0 Å². The Morgan fingerprint density at radius 3 is 2.51 bits per heavy atom. The summed E-state index contributed by atoms with van der Waals surface area (Å²) in [7, 11) is 1.49. The molecule has 1 aromatic heterocycles. The first-order chi connectivity index (χ1) is 16.8. The van der Waals surface area contributed by atoms with Crippen LogP contribution < -0.4 is 4.90 Å². The van der Waals surface area contributed by atoms with Gasteiger partial charge in [-0.25, -0.2) is 4.39 Å². The fourth-order valence-electron chi connectivity index (χ4n) is 4.56. The van der Waals surface area contributed by atoms with E-state index in [0.29, 0.717) is 30.3 Å². The number of halogens is 1. The highest BCUT2D eigenvalue weighted by atomic mass is 19.1. The van der Waals surface area contributed by atoms with Gasteiger partial charge >= 0.3 is 0 Å². The van der Waals surface area contributed by atoms with Crippen molar-refractivity contribution < 1.29 is 18.7 Å². The molecule has 0 radical (unpaired) electrons. The lowest BCUT2D eigenvalue weighted by Gasteiger charge is -2.32. The summed E-state index contributed by atoms with van der Waals surface area (Å²) in [5.74, 6) is -0.157. The Morgan fingerprint density at radius 1 is 1.11 bits per heavy atom. The van der Waals surface area contributed by atoms with Crippen LogP contribution in [-0.4, -0.2) is 77.8 Å². The minimum absolute atomic E-state index is 0.0617. The van der Waals surface area contributed by atoms with Gasteiger partial charge in [-0.3, -0.25) is 14.3 Å². The molecule has 0 saturated carbocycles. The van der Waals surface area contributed by atoms with Crippen molar-refractivity contribution in [2.75, 3.05) is 51.3 Å². The number of carbonyl (C=O) groups excluding carboxylic acids is 2. The Morgan fingerprint density at radius 2 is 1.86 bits per heavy atom. The maximum Gasteiger partial charge on any atom is 0.252 e. The summed E-state index contributed by atoms with van der Waals surface area (Å²) >= 11 is 0. The van der Waals surface area contributed by atoms with Crippen LogP contribution in [0.3, 0.4) is 0 Å². The molecule has 1 aliphatic rings. The van der Waals surface area contributed by atoms with Gasteiger partial charge in [0.15, 0.2) is 0 Å². The fourth-order valence-corrected chi connectivity index (χ4v) is 4.56. The smallest absolute Gasteiger partial charge is 0.252 e. The highest BCUT2D eigenvalue weighted by Crippen LogP contribution is 2.25. The Kier molecular flexibility index (Phi) is 9.80. The van der Waals surface area contributed by atoms with E-state index in [-0.39, 0.29) is 31.5 Å². The number of carbonyl (C=O) groups is 2. The van der Waals surface area contributed by atoms with Gasteiger partial charge < -0.3 is 19.4 Å². The monoisotopic (exact) mass is 487 g/mol. The summed E-state index contributed by atoms with van der Waals surface area (Å²) in [6.45, 7) is 10.3. The third-order valence-electron chi connectivity index (χ3n) is 6.06. The Bertz CT molecular complexity index is 993. The average Bonchev–Trinajstić information content (AvgIpc) is 3.19. The third-order valence-corrected chi connectivity index (χ3v) is 6.06. The maximum atomic E-state index is 14.3. The third kappa shape index (κ3) is 7.86. The fraction of sp³-hybridized carbons (Fsp3) is 0.577. The van der Waals surface area contributed by atoms with Crippen molar-refractivity contribution in [3.63, 3.8) is 0 Å². The van der Waals surface area contributed by atoms with Crippen molar-refractivity contribution in [3.05, 3.63) is 47.5 Å². The number of anilines is 1. The molecule has 0 spiro atoms. The van der Waals surface area contributed by atoms with Crippen molar-refractivity contribution in [2.24, 2.45) is 5.92 Å². The molecule has 1 aliphatic heterocycles. The van der Waals surface area contributed by atoms with E-state index in [1.54, 1.807) is 26.7 Å². The van der Waals surface area contributed by atoms with Gasteiger partial charge in [0.2, 0.25) is 5.91 Å². The number of rotatable bonds is 6. The maximum absolute atomic E-state index is 14.3. The number of methoxy groups -OCH3 is 1. The Hall–Kier alpha value is -2.78. The van der Waals surface area contributed by atoms with Crippen LogP contribution in [0, 0.1) is 18.7 Å². The lowest BCUT2D eigenvalue weighted by molar-refractivity contribution is -0.132. The number of fused-ring (bicyclic) bond motifs is 1. The summed E-state index contributed by atoms with van der Waals surface area (Å²) in [4.78, 5) is 32.1. The van der Waals surface area contributed by atoms with E-state index in [9.17, 15) is 14.0 Å². The molecular weight excluding hydrogens is 449 g/mol. The van der Waals surface area contributed by atoms with Crippen molar-refractivity contribution in [2.45, 2.75) is 46.7 Å². The molecule has 2 heterocycles. The second-order valence-electron chi connectivity index (χ2n) is 9.68. The van der Waals surface area contributed by atoms with E-state index < -0.39 is 5.82 Å². The molecule has 8 nitrogen and oxygen atoms in total. The second-order valence-corrected chi connectivity index (χ2v) is 9.68. The van der Waals surface area contributed by atoms with E-state index >= 15 is 0 Å². The van der Waals surface area contributed by atoms with Crippen LogP contribution in [0.2, 0.25) is 0 Å². The number of hydrogen-bond donors (Lipinski definition) is 0. The van der Waals surface area contributed by atoms with Gasteiger partial charge in [-0.1, -0.05) is 13.8 Å². The van der Waals surface area contributed by atoms with Gasteiger partial charge in [-0.05, 0) is 68.1 Å². The van der Waals surface area contributed by atoms with E-state index in [1.165, 1.54) is 19.2 Å². The summed E-state index contributed by atoms with van der Waals surface area (Å²) in [6, 6.07) is 4.43. The van der Waals surface area contributed by atoms with Gasteiger partial charge in [-0.15, -0.1) is 0 Å². The molecule has 2 amide bonds. The standard InChI is InChI=1S/C26H38FN5O3/c1-20(2)15-29-9-5-11-30(25(33)18-31-16-21(3)14-28-31)17-22-13-23(27)7-8-24(22)32(12-6-10-29)26(34)19-35-4/h7-8,13-14,16,20H,5-6,9-12,15,17-19H2,1-4H3. The predicted octanol–water partition coefficient (Wildman–Crippen LogP) is 3.09. The first-order valence-electron chi connectivity index (χ1n) is 12.3. The number of ether oxygens (including phenoxy) is 1. The highest BCUT2D eigenvalue weighted by molar-refractivity contribution is 5.95. The Balaban J connectivity index is 1.93. The zero-order chi connectivity index (χ0) is 25.4. The largest absolute Gasteiger partial charge is 0.375 e. The van der Waals surface area contributed by atoms with Gasteiger partial charge in [-0.2, -0.15) is 5.10 Å². The predicted molar refractivity (Wildman–Crippen MR) is 134 cm³/mol. The van der Waals surface area contributed by atoms with Gasteiger partial charge in [0.25, 0.3) is 5.91 Å². The molecule has 0 N–H and O–H groups in total. The van der Waals surface area contributed by atoms with E-state index in [1.807, 2.05) is 13.1 Å². The lowest BCUT2D eigenvalue weighted by atomic mass is 10.1. The van der Waals surface area contributed by atoms with Crippen molar-refractivity contribution in [3.8, 4) is 0 Å². The molecule has 35 heavy (non-hydrogen) atoms. The van der Waals surface area contributed by atoms with E-state index in [4.69, 9.17) is 4.74 Å².